The van der Waals surface area contributed by atoms with Gasteiger partial charge in [0.15, 0.2) is 11.5 Å². The standard InChI is InChI=1S/C17H26N6/c18-15-14-16(23(11-19-14)13-9-5-2-6-10-13)22-17(21-15)20-12-7-3-1-4-8-12/h11-13H,1-10H2,(H3,18,20,21,22). The van der Waals surface area contributed by atoms with Gasteiger partial charge in [-0.05, 0) is 25.7 Å². The summed E-state index contributed by atoms with van der Waals surface area (Å²) in [6, 6.07) is 0.984. The maximum absolute atomic E-state index is 6.14. The van der Waals surface area contributed by atoms with Gasteiger partial charge in [0, 0.05) is 12.1 Å². The monoisotopic (exact) mass is 314 g/mol. The zero-order chi connectivity index (χ0) is 15.6. The molecule has 0 spiro atoms. The van der Waals surface area contributed by atoms with Gasteiger partial charge in [-0.3, -0.25) is 0 Å². The van der Waals surface area contributed by atoms with Crippen LogP contribution in [0, 0.1) is 0 Å². The molecule has 2 aromatic rings. The molecule has 0 bridgehead atoms. The van der Waals surface area contributed by atoms with Crippen LogP contribution in [-0.4, -0.2) is 25.6 Å². The van der Waals surface area contributed by atoms with Crippen molar-refractivity contribution in [2.75, 3.05) is 11.1 Å². The van der Waals surface area contributed by atoms with Gasteiger partial charge in [-0.15, -0.1) is 0 Å². The third-order valence-electron chi connectivity index (χ3n) is 5.35. The molecule has 3 N–H and O–H groups in total. The quantitative estimate of drug-likeness (QED) is 0.903. The van der Waals surface area contributed by atoms with Crippen molar-refractivity contribution < 1.29 is 0 Å². The third kappa shape index (κ3) is 2.99. The normalized spacial score (nSPS) is 20.9. The van der Waals surface area contributed by atoms with Gasteiger partial charge in [-0.1, -0.05) is 38.5 Å². The average molecular weight is 314 g/mol. The van der Waals surface area contributed by atoms with Gasteiger partial charge < -0.3 is 15.6 Å². The molecule has 2 fully saturated rings. The van der Waals surface area contributed by atoms with Crippen LogP contribution >= 0.6 is 0 Å². The van der Waals surface area contributed by atoms with E-state index in [1.165, 1.54) is 64.2 Å². The van der Waals surface area contributed by atoms with Crippen LogP contribution in [-0.2, 0) is 0 Å². The van der Waals surface area contributed by atoms with Crippen LogP contribution < -0.4 is 11.1 Å². The molecule has 0 aromatic carbocycles. The highest BCUT2D eigenvalue weighted by Gasteiger charge is 2.21. The molecule has 0 radical (unpaired) electrons. The number of aromatic nitrogens is 4. The van der Waals surface area contributed by atoms with E-state index >= 15 is 0 Å². The second kappa shape index (κ2) is 6.34. The number of rotatable bonds is 3. The smallest absolute Gasteiger partial charge is 0.226 e. The zero-order valence-corrected chi connectivity index (χ0v) is 13.7. The summed E-state index contributed by atoms with van der Waals surface area (Å²) in [5.74, 6) is 1.15. The lowest BCUT2D eigenvalue weighted by Crippen LogP contribution is -2.24. The van der Waals surface area contributed by atoms with E-state index in [0.717, 1.165) is 11.2 Å². The lowest BCUT2D eigenvalue weighted by molar-refractivity contribution is 0.358. The van der Waals surface area contributed by atoms with Gasteiger partial charge in [0.05, 0.1) is 6.33 Å². The van der Waals surface area contributed by atoms with E-state index in [1.807, 2.05) is 6.33 Å². The maximum Gasteiger partial charge on any atom is 0.226 e. The molecule has 0 aliphatic heterocycles. The molecule has 2 aromatic heterocycles. The first-order valence-corrected chi connectivity index (χ1v) is 9.08. The van der Waals surface area contributed by atoms with Crippen LogP contribution in [0.1, 0.15) is 70.3 Å². The molecular weight excluding hydrogens is 288 g/mol. The second-order valence-corrected chi connectivity index (χ2v) is 7.03. The van der Waals surface area contributed by atoms with E-state index in [-0.39, 0.29) is 0 Å². The Bertz CT molecular complexity index is 667. The molecule has 6 nitrogen and oxygen atoms in total. The summed E-state index contributed by atoms with van der Waals surface area (Å²) in [4.78, 5) is 13.7. The minimum absolute atomic E-state index is 0.478. The highest BCUT2D eigenvalue weighted by Crippen LogP contribution is 2.31. The van der Waals surface area contributed by atoms with Crippen LogP contribution in [0.25, 0.3) is 11.2 Å². The number of nitrogens with two attached hydrogens (primary N) is 1. The molecule has 2 saturated carbocycles. The highest BCUT2D eigenvalue weighted by molar-refractivity contribution is 5.83. The van der Waals surface area contributed by atoms with Crippen molar-refractivity contribution in [2.45, 2.75) is 76.3 Å². The molecule has 0 unspecified atom stereocenters. The van der Waals surface area contributed by atoms with Crippen molar-refractivity contribution >= 4 is 22.9 Å². The number of nitrogens with zero attached hydrogens (tertiary/aromatic N) is 4. The first-order valence-electron chi connectivity index (χ1n) is 9.08. The zero-order valence-electron chi connectivity index (χ0n) is 13.7. The Labute approximate surface area is 136 Å². The lowest BCUT2D eigenvalue weighted by atomic mass is 9.95. The second-order valence-electron chi connectivity index (χ2n) is 7.03. The molecule has 2 heterocycles. The van der Waals surface area contributed by atoms with Crippen molar-refractivity contribution in [3.05, 3.63) is 6.33 Å². The van der Waals surface area contributed by atoms with Crippen molar-refractivity contribution in [3.63, 3.8) is 0 Å². The number of anilines is 2. The Hall–Kier alpha value is -1.85. The van der Waals surface area contributed by atoms with Gasteiger partial charge in [0.1, 0.15) is 5.52 Å². The SMILES string of the molecule is Nc1nc(NC2CCCCC2)nc2c1ncn2C1CCCCC1. The largest absolute Gasteiger partial charge is 0.382 e. The van der Waals surface area contributed by atoms with Crippen LogP contribution in [0.3, 0.4) is 0 Å². The van der Waals surface area contributed by atoms with Gasteiger partial charge in [0.25, 0.3) is 0 Å². The fourth-order valence-electron chi connectivity index (χ4n) is 4.06. The number of hydrogen-bond acceptors (Lipinski definition) is 5. The number of hydrogen-bond donors (Lipinski definition) is 2. The predicted molar refractivity (Wildman–Crippen MR) is 92.4 cm³/mol. The average Bonchev–Trinajstić information content (AvgIpc) is 3.01. The minimum Gasteiger partial charge on any atom is -0.382 e. The van der Waals surface area contributed by atoms with Crippen molar-refractivity contribution in [3.8, 4) is 0 Å². The van der Waals surface area contributed by atoms with Crippen molar-refractivity contribution in [1.82, 2.24) is 19.5 Å². The fraction of sp³-hybridized carbons (Fsp3) is 0.706. The van der Waals surface area contributed by atoms with Gasteiger partial charge in [-0.2, -0.15) is 9.97 Å². The molecule has 0 amide bonds. The molecule has 2 aliphatic rings. The first-order chi connectivity index (χ1) is 11.3. The molecule has 6 heteroatoms. The first kappa shape index (κ1) is 14.7. The molecule has 23 heavy (non-hydrogen) atoms. The fourth-order valence-corrected chi connectivity index (χ4v) is 4.06. The molecule has 0 saturated heterocycles. The summed E-state index contributed by atoms with van der Waals surface area (Å²) < 4.78 is 2.22. The summed E-state index contributed by atoms with van der Waals surface area (Å²) in [5, 5.41) is 3.49. The lowest BCUT2D eigenvalue weighted by Gasteiger charge is -2.24. The maximum atomic E-state index is 6.14. The summed E-state index contributed by atoms with van der Waals surface area (Å²) in [6.45, 7) is 0. The van der Waals surface area contributed by atoms with E-state index in [0.29, 0.717) is 23.8 Å². The summed E-state index contributed by atoms with van der Waals surface area (Å²) in [5.41, 5.74) is 7.77. The number of nitrogen functional groups attached to an aromatic ring is 1. The van der Waals surface area contributed by atoms with Crippen LogP contribution in [0.2, 0.25) is 0 Å². The number of imidazole rings is 1. The minimum atomic E-state index is 0.478. The molecule has 0 atom stereocenters. The third-order valence-corrected chi connectivity index (χ3v) is 5.35. The number of nitrogens with one attached hydrogen (secondary N) is 1. The van der Waals surface area contributed by atoms with Crippen LogP contribution in [0.4, 0.5) is 11.8 Å². The number of fused-ring (bicyclic) bond motifs is 1. The highest BCUT2D eigenvalue weighted by atomic mass is 15.2. The summed E-state index contributed by atoms with van der Waals surface area (Å²) in [6.07, 6.45) is 14.5. The Morgan fingerprint density at radius 1 is 0.957 bits per heavy atom. The van der Waals surface area contributed by atoms with E-state index in [4.69, 9.17) is 10.7 Å². The van der Waals surface area contributed by atoms with Gasteiger partial charge in [0.2, 0.25) is 5.95 Å². The van der Waals surface area contributed by atoms with Crippen LogP contribution in [0.5, 0.6) is 0 Å². The molecule has 4 rings (SSSR count). The predicted octanol–water partition coefficient (Wildman–Crippen LogP) is 3.66. The van der Waals surface area contributed by atoms with Crippen molar-refractivity contribution in [1.29, 1.82) is 0 Å². The molecule has 2 aliphatic carbocycles. The molecular formula is C17H26N6. The van der Waals surface area contributed by atoms with E-state index in [9.17, 15) is 0 Å². The molecule has 124 valence electrons. The van der Waals surface area contributed by atoms with E-state index < -0.39 is 0 Å². The Morgan fingerprint density at radius 3 is 2.39 bits per heavy atom. The Kier molecular flexibility index (Phi) is 4.06. The Balaban J connectivity index is 1.64. The topological polar surface area (TPSA) is 81.7 Å². The summed E-state index contributed by atoms with van der Waals surface area (Å²) in [7, 11) is 0. The van der Waals surface area contributed by atoms with Crippen molar-refractivity contribution in [2.24, 2.45) is 0 Å². The Morgan fingerprint density at radius 2 is 1.65 bits per heavy atom. The van der Waals surface area contributed by atoms with Gasteiger partial charge >= 0.3 is 0 Å². The summed E-state index contributed by atoms with van der Waals surface area (Å²) >= 11 is 0. The van der Waals surface area contributed by atoms with E-state index in [2.05, 4.69) is 19.9 Å². The van der Waals surface area contributed by atoms with E-state index in [1.54, 1.807) is 0 Å². The van der Waals surface area contributed by atoms with Crippen LogP contribution in [0.15, 0.2) is 6.33 Å². The van der Waals surface area contributed by atoms with Gasteiger partial charge in [-0.25, -0.2) is 4.98 Å².